The number of amides is 2. The SMILES string of the molecule is CCNC(=O)C(Cc1ccccc1)N(Cc1cccc(C)c1)C(=O)CN(c1cccc(Cl)c1Cl)S(C)(=O)=O. The summed E-state index contributed by atoms with van der Waals surface area (Å²) in [5.41, 5.74) is 2.76. The van der Waals surface area contributed by atoms with Gasteiger partial charge in [-0.2, -0.15) is 0 Å². The number of halogens is 2. The predicted octanol–water partition coefficient (Wildman–Crippen LogP) is 4.84. The summed E-state index contributed by atoms with van der Waals surface area (Å²) >= 11 is 12.5. The molecule has 0 spiro atoms. The standard InChI is InChI=1S/C28H31Cl2N3O4S/c1-4-31-28(35)25(17-21-11-6-5-7-12-21)32(18-22-13-8-10-20(2)16-22)26(34)19-33(38(3,36)37)24-15-9-14-23(29)27(24)30/h5-16,25H,4,17-19H2,1-3H3,(H,31,35). The molecular weight excluding hydrogens is 545 g/mol. The average Bonchev–Trinajstić information content (AvgIpc) is 2.86. The molecule has 0 aromatic heterocycles. The van der Waals surface area contributed by atoms with Crippen molar-refractivity contribution in [2.45, 2.75) is 32.9 Å². The maximum Gasteiger partial charge on any atom is 0.244 e. The van der Waals surface area contributed by atoms with E-state index in [4.69, 9.17) is 23.2 Å². The number of carbonyl (C=O) groups is 2. The number of anilines is 1. The predicted molar refractivity (Wildman–Crippen MR) is 153 cm³/mol. The fourth-order valence-electron chi connectivity index (χ4n) is 4.13. The largest absolute Gasteiger partial charge is 0.355 e. The highest BCUT2D eigenvalue weighted by molar-refractivity contribution is 7.92. The Morgan fingerprint density at radius 2 is 1.61 bits per heavy atom. The first kappa shape index (κ1) is 29.5. The maximum atomic E-state index is 14.0. The first-order valence-corrected chi connectivity index (χ1v) is 14.7. The van der Waals surface area contributed by atoms with Crippen molar-refractivity contribution in [3.05, 3.63) is 99.5 Å². The highest BCUT2D eigenvalue weighted by Gasteiger charge is 2.33. The highest BCUT2D eigenvalue weighted by Crippen LogP contribution is 2.33. The van der Waals surface area contributed by atoms with Crippen LogP contribution in [0, 0.1) is 6.92 Å². The van der Waals surface area contributed by atoms with E-state index < -0.39 is 28.5 Å². The summed E-state index contributed by atoms with van der Waals surface area (Å²) in [6.07, 6.45) is 1.24. The molecule has 3 aromatic carbocycles. The van der Waals surface area contributed by atoms with E-state index in [1.54, 1.807) is 13.0 Å². The van der Waals surface area contributed by atoms with E-state index >= 15 is 0 Å². The van der Waals surface area contributed by atoms with E-state index in [0.717, 1.165) is 27.3 Å². The number of aryl methyl sites for hydroxylation is 1. The van der Waals surface area contributed by atoms with E-state index in [-0.39, 0.29) is 34.6 Å². The van der Waals surface area contributed by atoms with Gasteiger partial charge in [0.25, 0.3) is 0 Å². The Labute approximate surface area is 234 Å². The van der Waals surface area contributed by atoms with Crippen LogP contribution in [0.2, 0.25) is 10.0 Å². The zero-order chi connectivity index (χ0) is 27.9. The van der Waals surface area contributed by atoms with E-state index in [2.05, 4.69) is 5.32 Å². The van der Waals surface area contributed by atoms with Crippen LogP contribution in [0.1, 0.15) is 23.6 Å². The van der Waals surface area contributed by atoms with Gasteiger partial charge < -0.3 is 10.2 Å². The Kier molecular flexibility index (Phi) is 10.2. The topological polar surface area (TPSA) is 86.8 Å². The van der Waals surface area contributed by atoms with Crippen molar-refractivity contribution in [3.8, 4) is 0 Å². The summed E-state index contributed by atoms with van der Waals surface area (Å²) in [7, 11) is -3.94. The third-order valence-corrected chi connectivity index (χ3v) is 7.87. The number of nitrogens with one attached hydrogen (secondary N) is 1. The number of rotatable bonds is 11. The van der Waals surface area contributed by atoms with Gasteiger partial charge in [-0.25, -0.2) is 8.42 Å². The van der Waals surface area contributed by atoms with Crippen molar-refractivity contribution in [2.75, 3.05) is 23.7 Å². The minimum absolute atomic E-state index is 0.0159. The zero-order valence-corrected chi connectivity index (χ0v) is 23.9. The van der Waals surface area contributed by atoms with Gasteiger partial charge in [0.2, 0.25) is 21.8 Å². The van der Waals surface area contributed by atoms with Crippen molar-refractivity contribution >= 4 is 50.7 Å². The molecule has 2 amide bonds. The molecule has 0 aliphatic rings. The number of hydrogen-bond acceptors (Lipinski definition) is 4. The van der Waals surface area contributed by atoms with Crippen LogP contribution in [-0.4, -0.2) is 50.5 Å². The molecule has 38 heavy (non-hydrogen) atoms. The van der Waals surface area contributed by atoms with E-state index in [1.165, 1.54) is 17.0 Å². The number of hydrogen-bond donors (Lipinski definition) is 1. The van der Waals surface area contributed by atoms with Crippen LogP contribution in [0.5, 0.6) is 0 Å². The smallest absolute Gasteiger partial charge is 0.244 e. The molecule has 1 N–H and O–H groups in total. The molecule has 0 aliphatic carbocycles. The molecule has 0 heterocycles. The van der Waals surface area contributed by atoms with Crippen molar-refractivity contribution in [2.24, 2.45) is 0 Å². The third kappa shape index (κ3) is 7.72. The first-order valence-electron chi connectivity index (χ1n) is 12.1. The summed E-state index contributed by atoms with van der Waals surface area (Å²) in [6.45, 7) is 3.67. The molecule has 0 radical (unpaired) electrons. The maximum absolute atomic E-state index is 14.0. The second-order valence-corrected chi connectivity index (χ2v) is 11.6. The van der Waals surface area contributed by atoms with Crippen molar-refractivity contribution in [3.63, 3.8) is 0 Å². The monoisotopic (exact) mass is 575 g/mol. The molecule has 0 saturated carbocycles. The van der Waals surface area contributed by atoms with Gasteiger partial charge in [-0.15, -0.1) is 0 Å². The van der Waals surface area contributed by atoms with Crippen LogP contribution < -0.4 is 9.62 Å². The number of sulfonamides is 1. The quantitative estimate of drug-likeness (QED) is 0.354. The Balaban J connectivity index is 2.07. The van der Waals surface area contributed by atoms with Gasteiger partial charge >= 0.3 is 0 Å². The van der Waals surface area contributed by atoms with Gasteiger partial charge in [-0.05, 0) is 37.1 Å². The zero-order valence-electron chi connectivity index (χ0n) is 21.5. The molecular formula is C28H31Cl2N3O4S. The lowest BCUT2D eigenvalue weighted by molar-refractivity contribution is -0.140. The van der Waals surface area contributed by atoms with Gasteiger partial charge in [-0.1, -0.05) is 89.4 Å². The van der Waals surface area contributed by atoms with Gasteiger partial charge in [-0.3, -0.25) is 13.9 Å². The lowest BCUT2D eigenvalue weighted by Gasteiger charge is -2.33. The number of likely N-dealkylation sites (N-methyl/N-ethyl adjacent to an activating group) is 1. The molecule has 202 valence electrons. The number of nitrogens with zero attached hydrogens (tertiary/aromatic N) is 2. The molecule has 0 aliphatic heterocycles. The molecule has 1 unspecified atom stereocenters. The molecule has 1 atom stereocenters. The van der Waals surface area contributed by atoms with Crippen LogP contribution in [0.25, 0.3) is 0 Å². The Bertz CT molecular complexity index is 1380. The van der Waals surface area contributed by atoms with Crippen molar-refractivity contribution in [1.29, 1.82) is 0 Å². The van der Waals surface area contributed by atoms with Crippen molar-refractivity contribution < 1.29 is 18.0 Å². The number of benzene rings is 3. The molecule has 0 saturated heterocycles. The lowest BCUT2D eigenvalue weighted by Crippen LogP contribution is -2.53. The summed E-state index contributed by atoms with van der Waals surface area (Å²) < 4.78 is 26.6. The first-order chi connectivity index (χ1) is 18.0. The fraction of sp³-hybridized carbons (Fsp3) is 0.286. The summed E-state index contributed by atoms with van der Waals surface area (Å²) in [5, 5.41) is 3.00. The van der Waals surface area contributed by atoms with Crippen molar-refractivity contribution in [1.82, 2.24) is 10.2 Å². The Morgan fingerprint density at radius 3 is 2.24 bits per heavy atom. The second-order valence-electron chi connectivity index (χ2n) is 8.95. The second kappa shape index (κ2) is 13.1. The molecule has 3 rings (SSSR count). The molecule has 3 aromatic rings. The van der Waals surface area contributed by atoms with Crippen LogP contribution in [0.3, 0.4) is 0 Å². The lowest BCUT2D eigenvalue weighted by atomic mass is 10.0. The van der Waals surface area contributed by atoms with E-state index in [9.17, 15) is 18.0 Å². The number of carbonyl (C=O) groups excluding carboxylic acids is 2. The molecule has 10 heteroatoms. The van der Waals surface area contributed by atoms with Gasteiger partial charge in [0.1, 0.15) is 12.6 Å². The van der Waals surface area contributed by atoms with Crippen LogP contribution in [0.4, 0.5) is 5.69 Å². The molecule has 0 fully saturated rings. The van der Waals surface area contributed by atoms with Gasteiger partial charge in [0, 0.05) is 19.5 Å². The van der Waals surface area contributed by atoms with Crippen LogP contribution in [0.15, 0.2) is 72.8 Å². The van der Waals surface area contributed by atoms with E-state index in [1.807, 2.05) is 61.5 Å². The van der Waals surface area contributed by atoms with Crippen LogP contribution in [-0.2, 0) is 32.6 Å². The average molecular weight is 577 g/mol. The summed E-state index contributed by atoms with van der Waals surface area (Å²) in [5.74, 6) is -0.885. The summed E-state index contributed by atoms with van der Waals surface area (Å²) in [6, 6.07) is 20.7. The molecule has 7 nitrogen and oxygen atoms in total. The normalized spacial score (nSPS) is 12.0. The minimum Gasteiger partial charge on any atom is -0.355 e. The Hall–Kier alpha value is -3.07. The fourth-order valence-corrected chi connectivity index (χ4v) is 5.44. The molecule has 0 bridgehead atoms. The third-order valence-electron chi connectivity index (χ3n) is 5.94. The summed E-state index contributed by atoms with van der Waals surface area (Å²) in [4.78, 5) is 28.7. The van der Waals surface area contributed by atoms with Gasteiger partial charge in [0.05, 0.1) is 22.0 Å². The van der Waals surface area contributed by atoms with E-state index in [0.29, 0.717) is 6.54 Å². The van der Waals surface area contributed by atoms with Gasteiger partial charge in [0.15, 0.2) is 0 Å². The highest BCUT2D eigenvalue weighted by atomic mass is 35.5. The van der Waals surface area contributed by atoms with Crippen LogP contribution >= 0.6 is 23.2 Å². The Morgan fingerprint density at radius 1 is 0.947 bits per heavy atom. The minimum atomic E-state index is -3.94.